The number of carbonyl (C=O) groups excluding carboxylic acids is 3. The number of hydrogen-bond acceptors (Lipinski definition) is 4. The molecule has 0 saturated heterocycles. The highest BCUT2D eigenvalue weighted by atomic mass is 32.2. The Bertz CT molecular complexity index is 977. The van der Waals surface area contributed by atoms with Gasteiger partial charge in [0.15, 0.2) is 0 Å². The summed E-state index contributed by atoms with van der Waals surface area (Å²) in [5, 5.41) is 8.11. The van der Waals surface area contributed by atoms with E-state index in [1.54, 1.807) is 24.3 Å². The second-order valence-electron chi connectivity index (χ2n) is 7.92. The Kier molecular flexibility index (Phi) is 8.67. The van der Waals surface area contributed by atoms with E-state index in [1.807, 2.05) is 0 Å². The minimum absolute atomic E-state index is 0.0359. The van der Waals surface area contributed by atoms with Crippen LogP contribution in [-0.4, -0.2) is 30.0 Å². The highest BCUT2D eigenvalue weighted by molar-refractivity contribution is 8.00. The summed E-state index contributed by atoms with van der Waals surface area (Å²) in [6.07, 6.45) is 6.06. The Balaban J connectivity index is 1.60. The Morgan fingerprint density at radius 2 is 1.78 bits per heavy atom. The van der Waals surface area contributed by atoms with E-state index in [2.05, 4.69) is 16.0 Å². The van der Waals surface area contributed by atoms with Crippen molar-refractivity contribution < 1.29 is 18.8 Å². The van der Waals surface area contributed by atoms with Gasteiger partial charge in [0.2, 0.25) is 11.8 Å². The molecule has 0 atom stereocenters. The third kappa shape index (κ3) is 7.09. The van der Waals surface area contributed by atoms with Gasteiger partial charge in [-0.05, 0) is 49.1 Å². The van der Waals surface area contributed by atoms with Gasteiger partial charge in [0.25, 0.3) is 5.91 Å². The predicted molar refractivity (Wildman–Crippen MR) is 125 cm³/mol. The summed E-state index contributed by atoms with van der Waals surface area (Å²) in [6, 6.07) is 10.9. The monoisotopic (exact) mass is 457 g/mol. The standard InChI is InChI=1S/C24H28FN3O3S/c1-16(29)27-18-11-12-20(25)21(13-18)28-24(31)19-9-5-6-10-22(19)32-15-23(30)26-14-17-7-3-2-4-8-17/h5-6,9-13,17H,2-4,7-8,14-15H2,1H3,(H,26,30)(H,27,29)(H,28,31). The topological polar surface area (TPSA) is 87.3 Å². The van der Waals surface area contributed by atoms with Gasteiger partial charge in [-0.25, -0.2) is 4.39 Å². The van der Waals surface area contributed by atoms with Crippen LogP contribution in [0.3, 0.4) is 0 Å². The molecule has 3 rings (SSSR count). The molecule has 2 aromatic carbocycles. The first-order valence-electron chi connectivity index (χ1n) is 10.8. The molecule has 1 saturated carbocycles. The molecule has 2 aromatic rings. The molecule has 170 valence electrons. The van der Waals surface area contributed by atoms with Gasteiger partial charge in [-0.15, -0.1) is 11.8 Å². The first-order valence-corrected chi connectivity index (χ1v) is 11.8. The van der Waals surface area contributed by atoms with Crippen LogP contribution in [0, 0.1) is 11.7 Å². The zero-order valence-corrected chi connectivity index (χ0v) is 18.9. The maximum Gasteiger partial charge on any atom is 0.256 e. The van der Waals surface area contributed by atoms with E-state index in [0.29, 0.717) is 28.6 Å². The molecule has 32 heavy (non-hydrogen) atoms. The Morgan fingerprint density at radius 3 is 2.53 bits per heavy atom. The van der Waals surface area contributed by atoms with Crippen molar-refractivity contribution in [3.8, 4) is 0 Å². The number of amides is 3. The maximum absolute atomic E-state index is 14.2. The van der Waals surface area contributed by atoms with Gasteiger partial charge in [-0.1, -0.05) is 31.4 Å². The minimum atomic E-state index is -0.611. The molecule has 8 heteroatoms. The number of nitrogens with one attached hydrogen (secondary N) is 3. The van der Waals surface area contributed by atoms with E-state index in [1.165, 1.54) is 56.1 Å². The first-order chi connectivity index (χ1) is 15.4. The second-order valence-corrected chi connectivity index (χ2v) is 8.94. The number of benzene rings is 2. The van der Waals surface area contributed by atoms with E-state index in [0.717, 1.165) is 12.8 Å². The molecule has 0 unspecified atom stereocenters. The Morgan fingerprint density at radius 1 is 1.03 bits per heavy atom. The average molecular weight is 458 g/mol. The van der Waals surface area contributed by atoms with Crippen molar-refractivity contribution in [2.24, 2.45) is 5.92 Å². The van der Waals surface area contributed by atoms with Gasteiger partial charge < -0.3 is 16.0 Å². The predicted octanol–water partition coefficient (Wildman–Crippen LogP) is 4.83. The lowest BCUT2D eigenvalue weighted by Crippen LogP contribution is -2.31. The lowest BCUT2D eigenvalue weighted by Gasteiger charge is -2.21. The van der Waals surface area contributed by atoms with Crippen molar-refractivity contribution in [1.82, 2.24) is 5.32 Å². The second kappa shape index (κ2) is 11.7. The maximum atomic E-state index is 14.2. The lowest BCUT2D eigenvalue weighted by molar-refractivity contribution is -0.118. The number of halogens is 1. The largest absolute Gasteiger partial charge is 0.355 e. The summed E-state index contributed by atoms with van der Waals surface area (Å²) in [7, 11) is 0. The fourth-order valence-corrected chi connectivity index (χ4v) is 4.60. The molecule has 3 amide bonds. The summed E-state index contributed by atoms with van der Waals surface area (Å²) in [4.78, 5) is 37.0. The molecule has 0 aromatic heterocycles. The fourth-order valence-electron chi connectivity index (χ4n) is 3.72. The molecule has 6 nitrogen and oxygen atoms in total. The molecular weight excluding hydrogens is 429 g/mol. The summed E-state index contributed by atoms with van der Waals surface area (Å²) in [5.74, 6) is -0.709. The number of thioether (sulfide) groups is 1. The fraction of sp³-hybridized carbons (Fsp3) is 0.375. The van der Waals surface area contributed by atoms with Crippen molar-refractivity contribution in [1.29, 1.82) is 0 Å². The molecule has 3 N–H and O–H groups in total. The highest BCUT2D eigenvalue weighted by Crippen LogP contribution is 2.26. The number of rotatable bonds is 8. The van der Waals surface area contributed by atoms with Crippen LogP contribution in [0.25, 0.3) is 0 Å². The van der Waals surface area contributed by atoms with E-state index < -0.39 is 11.7 Å². The molecule has 0 radical (unpaired) electrons. The van der Waals surface area contributed by atoms with Crippen molar-refractivity contribution in [3.63, 3.8) is 0 Å². The van der Waals surface area contributed by atoms with E-state index >= 15 is 0 Å². The zero-order chi connectivity index (χ0) is 22.9. The Labute approximate surface area is 191 Å². The van der Waals surface area contributed by atoms with Gasteiger partial charge in [0.05, 0.1) is 17.0 Å². The van der Waals surface area contributed by atoms with E-state index in [-0.39, 0.29) is 23.3 Å². The summed E-state index contributed by atoms with van der Waals surface area (Å²) >= 11 is 1.27. The normalized spacial score (nSPS) is 13.9. The smallest absolute Gasteiger partial charge is 0.256 e. The molecule has 0 bridgehead atoms. The van der Waals surface area contributed by atoms with Crippen molar-refractivity contribution in [2.45, 2.75) is 43.9 Å². The average Bonchev–Trinajstić information content (AvgIpc) is 2.79. The van der Waals surface area contributed by atoms with Crippen LogP contribution in [0.4, 0.5) is 15.8 Å². The molecule has 0 spiro atoms. The molecule has 0 heterocycles. The number of anilines is 2. The van der Waals surface area contributed by atoms with Crippen molar-refractivity contribution in [2.75, 3.05) is 22.9 Å². The minimum Gasteiger partial charge on any atom is -0.355 e. The van der Waals surface area contributed by atoms with Gasteiger partial charge >= 0.3 is 0 Å². The highest BCUT2D eigenvalue weighted by Gasteiger charge is 2.17. The van der Waals surface area contributed by atoms with Crippen LogP contribution in [0.2, 0.25) is 0 Å². The van der Waals surface area contributed by atoms with Crippen LogP contribution in [0.15, 0.2) is 47.4 Å². The molecule has 1 aliphatic rings. The van der Waals surface area contributed by atoms with E-state index in [4.69, 9.17) is 0 Å². The van der Waals surface area contributed by atoms with E-state index in [9.17, 15) is 18.8 Å². The van der Waals surface area contributed by atoms with Gasteiger partial charge in [0, 0.05) is 24.1 Å². The summed E-state index contributed by atoms with van der Waals surface area (Å²) in [6.45, 7) is 2.05. The van der Waals surface area contributed by atoms with Crippen LogP contribution < -0.4 is 16.0 Å². The molecule has 0 aliphatic heterocycles. The third-order valence-corrected chi connectivity index (χ3v) is 6.41. The first kappa shape index (κ1) is 23.8. The summed E-state index contributed by atoms with van der Waals surface area (Å²) < 4.78 is 14.2. The van der Waals surface area contributed by atoms with Crippen LogP contribution >= 0.6 is 11.8 Å². The van der Waals surface area contributed by atoms with Crippen LogP contribution in [0.5, 0.6) is 0 Å². The zero-order valence-electron chi connectivity index (χ0n) is 18.1. The van der Waals surface area contributed by atoms with Gasteiger partial charge in [-0.2, -0.15) is 0 Å². The third-order valence-electron chi connectivity index (χ3n) is 5.34. The lowest BCUT2D eigenvalue weighted by atomic mass is 9.89. The SMILES string of the molecule is CC(=O)Nc1ccc(F)c(NC(=O)c2ccccc2SCC(=O)NCC2CCCCC2)c1. The number of hydrogen-bond donors (Lipinski definition) is 3. The molecular formula is C24H28FN3O3S. The van der Waals surface area contributed by atoms with Crippen LogP contribution in [0.1, 0.15) is 49.4 Å². The Hall–Kier alpha value is -2.87. The quantitative estimate of drug-likeness (QED) is 0.496. The molecule has 1 aliphatic carbocycles. The van der Waals surface area contributed by atoms with Crippen molar-refractivity contribution >= 4 is 40.9 Å². The molecule has 1 fully saturated rings. The summed E-state index contributed by atoms with van der Waals surface area (Å²) in [5.41, 5.74) is 0.694. The van der Waals surface area contributed by atoms with Gasteiger partial charge in [0.1, 0.15) is 5.82 Å². The van der Waals surface area contributed by atoms with Crippen molar-refractivity contribution in [3.05, 3.63) is 53.8 Å². The van der Waals surface area contributed by atoms with Gasteiger partial charge in [-0.3, -0.25) is 14.4 Å². The van der Waals surface area contributed by atoms with Crippen LogP contribution in [-0.2, 0) is 9.59 Å². The number of carbonyl (C=O) groups is 3.